The van der Waals surface area contributed by atoms with Gasteiger partial charge in [0.05, 0.1) is 44.9 Å². The van der Waals surface area contributed by atoms with E-state index in [0.29, 0.717) is 45.0 Å². The van der Waals surface area contributed by atoms with E-state index in [-0.39, 0.29) is 6.42 Å². The normalized spacial score (nSPS) is 11.2. The van der Waals surface area contributed by atoms with Crippen molar-refractivity contribution in [2.45, 2.75) is 20.3 Å². The third kappa shape index (κ3) is 3.51. The lowest BCUT2D eigenvalue weighted by atomic mass is 9.99. The summed E-state index contributed by atoms with van der Waals surface area (Å²) in [6, 6.07) is 5.35. The van der Waals surface area contributed by atoms with Crippen molar-refractivity contribution in [2.24, 2.45) is 5.16 Å². The van der Waals surface area contributed by atoms with Gasteiger partial charge in [-0.2, -0.15) is 0 Å². The zero-order valence-electron chi connectivity index (χ0n) is 15.8. The van der Waals surface area contributed by atoms with Gasteiger partial charge < -0.3 is 23.8 Å². The van der Waals surface area contributed by atoms with Crippen LogP contribution in [0.3, 0.4) is 0 Å². The third-order valence-electron chi connectivity index (χ3n) is 3.95. The van der Waals surface area contributed by atoms with E-state index in [1.54, 1.807) is 60.5 Å². The maximum absolute atomic E-state index is 11.4. The van der Waals surface area contributed by atoms with Gasteiger partial charge in [-0.1, -0.05) is 12.1 Å². The summed E-state index contributed by atoms with van der Waals surface area (Å²) in [5, 5.41) is 5.31. The van der Waals surface area contributed by atoms with Gasteiger partial charge in [0.1, 0.15) is 23.0 Å². The van der Waals surface area contributed by atoms with Crippen LogP contribution in [-0.4, -0.2) is 40.1 Å². The van der Waals surface area contributed by atoms with Crippen molar-refractivity contribution in [2.75, 3.05) is 28.4 Å². The van der Waals surface area contributed by atoms with Gasteiger partial charge in [0, 0.05) is 12.0 Å². The molecular formula is C19H23NO6. The molecule has 0 aliphatic carbocycles. The molecule has 0 aromatic heterocycles. The Balaban J connectivity index is 2.82. The number of carbonyl (C=O) groups excluding carboxylic acids is 1. The molecule has 0 amide bonds. The topological polar surface area (TPSA) is 75.6 Å². The zero-order valence-corrected chi connectivity index (χ0v) is 15.8. The molecule has 0 fully saturated rings. The first-order valence-electron chi connectivity index (χ1n) is 8.06. The van der Waals surface area contributed by atoms with Gasteiger partial charge in [-0.05, 0) is 25.1 Å². The zero-order chi connectivity index (χ0) is 19.3. The smallest absolute Gasteiger partial charge is 0.334 e. The second-order valence-electron chi connectivity index (χ2n) is 5.37. The molecule has 0 saturated carbocycles. The number of nitrogens with zero attached hydrogens (tertiary/aromatic N) is 1. The number of hydrogen-bond donors (Lipinski definition) is 0. The summed E-state index contributed by atoms with van der Waals surface area (Å²) in [5.41, 5.74) is 1.08. The summed E-state index contributed by atoms with van der Waals surface area (Å²) in [6.07, 6.45) is 0.236. The first-order valence-corrected chi connectivity index (χ1v) is 8.06. The standard InChI is InChI=1S/C19H23NO6/c1-7-16(21)26-20-11(2)12-10-15(24-5)17-13(22-3)8-9-14(23-4)18(17)19(12)25-6/h8-10H,7H2,1-6H3. The summed E-state index contributed by atoms with van der Waals surface area (Å²) < 4.78 is 22.2. The van der Waals surface area contributed by atoms with Crippen molar-refractivity contribution in [1.82, 2.24) is 0 Å². The van der Waals surface area contributed by atoms with Crippen molar-refractivity contribution >= 4 is 22.5 Å². The molecule has 26 heavy (non-hydrogen) atoms. The maximum atomic E-state index is 11.4. The highest BCUT2D eigenvalue weighted by molar-refractivity contribution is 6.11. The van der Waals surface area contributed by atoms with E-state index in [4.69, 9.17) is 23.8 Å². The first kappa shape index (κ1) is 19.4. The second-order valence-corrected chi connectivity index (χ2v) is 5.37. The Morgan fingerprint density at radius 2 is 1.50 bits per heavy atom. The molecule has 2 aromatic rings. The number of oxime groups is 1. The van der Waals surface area contributed by atoms with Gasteiger partial charge in [0.15, 0.2) is 0 Å². The van der Waals surface area contributed by atoms with E-state index in [0.717, 1.165) is 0 Å². The highest BCUT2D eigenvalue weighted by Crippen LogP contribution is 2.46. The van der Waals surface area contributed by atoms with Crippen LogP contribution in [0.4, 0.5) is 0 Å². The average molecular weight is 361 g/mol. The van der Waals surface area contributed by atoms with E-state index >= 15 is 0 Å². The van der Waals surface area contributed by atoms with Crippen LogP contribution in [0.2, 0.25) is 0 Å². The number of benzene rings is 2. The summed E-state index contributed by atoms with van der Waals surface area (Å²) >= 11 is 0. The first-order chi connectivity index (χ1) is 12.5. The van der Waals surface area contributed by atoms with Crippen LogP contribution in [0.25, 0.3) is 10.8 Å². The van der Waals surface area contributed by atoms with Crippen LogP contribution in [-0.2, 0) is 9.63 Å². The minimum atomic E-state index is -0.421. The second kappa shape index (κ2) is 8.42. The molecule has 0 radical (unpaired) electrons. The maximum Gasteiger partial charge on any atom is 0.334 e. The van der Waals surface area contributed by atoms with E-state index in [2.05, 4.69) is 5.16 Å². The Hall–Kier alpha value is -2.96. The van der Waals surface area contributed by atoms with Crippen LogP contribution < -0.4 is 18.9 Å². The lowest BCUT2D eigenvalue weighted by Gasteiger charge is -2.18. The summed E-state index contributed by atoms with van der Waals surface area (Å²) in [6.45, 7) is 3.42. The van der Waals surface area contributed by atoms with E-state index in [9.17, 15) is 4.79 Å². The van der Waals surface area contributed by atoms with E-state index in [1.807, 2.05) is 0 Å². The van der Waals surface area contributed by atoms with Gasteiger partial charge in [0.25, 0.3) is 0 Å². The molecule has 0 bridgehead atoms. The number of hydrogen-bond acceptors (Lipinski definition) is 7. The fourth-order valence-electron chi connectivity index (χ4n) is 2.65. The monoisotopic (exact) mass is 361 g/mol. The Morgan fingerprint density at radius 3 is 2.00 bits per heavy atom. The van der Waals surface area contributed by atoms with Crippen LogP contribution in [0, 0.1) is 0 Å². The van der Waals surface area contributed by atoms with E-state index < -0.39 is 5.97 Å². The molecule has 0 saturated heterocycles. The Kier molecular flexibility index (Phi) is 6.27. The summed E-state index contributed by atoms with van der Waals surface area (Å²) in [4.78, 5) is 16.3. The SMILES string of the molecule is CCC(=O)ON=C(C)c1cc(OC)c2c(OC)ccc(OC)c2c1OC. The molecule has 7 nitrogen and oxygen atoms in total. The number of rotatable bonds is 7. The number of ether oxygens (including phenoxy) is 4. The van der Waals surface area contributed by atoms with Crippen molar-refractivity contribution < 1.29 is 28.6 Å². The molecule has 2 rings (SSSR count). The van der Waals surface area contributed by atoms with Crippen LogP contribution in [0.1, 0.15) is 25.8 Å². The van der Waals surface area contributed by atoms with Crippen LogP contribution in [0.15, 0.2) is 23.4 Å². The van der Waals surface area contributed by atoms with Crippen LogP contribution in [0.5, 0.6) is 23.0 Å². The van der Waals surface area contributed by atoms with Crippen molar-refractivity contribution in [3.05, 3.63) is 23.8 Å². The minimum absolute atomic E-state index is 0.236. The Bertz CT molecular complexity index is 844. The summed E-state index contributed by atoms with van der Waals surface area (Å²) in [5.74, 6) is 1.87. The van der Waals surface area contributed by atoms with Gasteiger partial charge in [-0.25, -0.2) is 4.79 Å². The molecular weight excluding hydrogens is 338 g/mol. The van der Waals surface area contributed by atoms with Crippen molar-refractivity contribution in [3.63, 3.8) is 0 Å². The van der Waals surface area contributed by atoms with Gasteiger partial charge in [-0.3, -0.25) is 0 Å². The molecule has 140 valence electrons. The third-order valence-corrected chi connectivity index (χ3v) is 3.95. The molecule has 0 aliphatic heterocycles. The molecule has 2 aromatic carbocycles. The largest absolute Gasteiger partial charge is 0.496 e. The summed E-state index contributed by atoms with van der Waals surface area (Å²) in [7, 11) is 6.27. The van der Waals surface area contributed by atoms with Gasteiger partial charge in [0.2, 0.25) is 0 Å². The van der Waals surface area contributed by atoms with Gasteiger partial charge >= 0.3 is 5.97 Å². The van der Waals surface area contributed by atoms with E-state index in [1.165, 1.54) is 0 Å². The lowest BCUT2D eigenvalue weighted by Crippen LogP contribution is -2.05. The Morgan fingerprint density at radius 1 is 0.923 bits per heavy atom. The average Bonchev–Trinajstić information content (AvgIpc) is 2.69. The molecule has 0 heterocycles. The number of methoxy groups -OCH3 is 4. The Labute approximate surface area is 152 Å². The minimum Gasteiger partial charge on any atom is -0.496 e. The molecule has 0 aliphatic rings. The molecule has 0 spiro atoms. The molecule has 7 heteroatoms. The number of fused-ring (bicyclic) bond motifs is 1. The van der Waals surface area contributed by atoms with Crippen LogP contribution >= 0.6 is 0 Å². The molecule has 0 atom stereocenters. The fraction of sp³-hybridized carbons (Fsp3) is 0.368. The highest BCUT2D eigenvalue weighted by Gasteiger charge is 2.22. The predicted molar refractivity (Wildman–Crippen MR) is 98.8 cm³/mol. The van der Waals surface area contributed by atoms with Crippen molar-refractivity contribution in [1.29, 1.82) is 0 Å². The fourth-order valence-corrected chi connectivity index (χ4v) is 2.65. The lowest BCUT2D eigenvalue weighted by molar-refractivity contribution is -0.143. The quantitative estimate of drug-likeness (QED) is 0.426. The van der Waals surface area contributed by atoms with Gasteiger partial charge in [-0.15, -0.1) is 0 Å². The molecule has 0 unspecified atom stereocenters. The number of carbonyl (C=O) groups is 1. The predicted octanol–water partition coefficient (Wildman–Crippen LogP) is 3.55. The molecule has 0 N–H and O–H groups in total. The van der Waals surface area contributed by atoms with Crippen molar-refractivity contribution in [3.8, 4) is 23.0 Å². The highest BCUT2D eigenvalue weighted by atomic mass is 16.7.